The average molecular weight is 419 g/mol. The molecule has 1 N–H and O–H groups in total. The summed E-state index contributed by atoms with van der Waals surface area (Å²) in [5.74, 6) is 2.17. The predicted octanol–water partition coefficient (Wildman–Crippen LogP) is 3.21. The van der Waals surface area contributed by atoms with Crippen molar-refractivity contribution in [1.29, 1.82) is 0 Å². The Balaban J connectivity index is 1.30. The number of pyridine rings is 1. The summed E-state index contributed by atoms with van der Waals surface area (Å²) in [7, 11) is 0. The molecule has 0 spiro atoms. The van der Waals surface area contributed by atoms with Crippen LogP contribution in [0, 0.1) is 0 Å². The third-order valence-electron chi connectivity index (χ3n) is 6.37. The van der Waals surface area contributed by atoms with Gasteiger partial charge in [0.2, 0.25) is 0 Å². The van der Waals surface area contributed by atoms with Gasteiger partial charge in [0.05, 0.1) is 17.3 Å². The van der Waals surface area contributed by atoms with Gasteiger partial charge in [-0.15, -0.1) is 0 Å². The van der Waals surface area contributed by atoms with Crippen LogP contribution in [0.15, 0.2) is 48.8 Å². The molecule has 2 aliphatic rings. The Labute approximate surface area is 181 Å². The van der Waals surface area contributed by atoms with E-state index in [9.17, 15) is 9.90 Å². The molecule has 2 saturated heterocycles. The number of benzene rings is 1. The van der Waals surface area contributed by atoms with Gasteiger partial charge in [-0.1, -0.05) is 18.2 Å². The molecule has 0 unspecified atom stereocenters. The first-order chi connectivity index (χ1) is 15.1. The second-order valence-electron chi connectivity index (χ2n) is 8.19. The van der Waals surface area contributed by atoms with E-state index in [2.05, 4.69) is 38.0 Å². The van der Waals surface area contributed by atoms with E-state index in [-0.39, 0.29) is 12.0 Å². The van der Waals surface area contributed by atoms with E-state index < -0.39 is 6.09 Å². The molecule has 8 heteroatoms. The summed E-state index contributed by atoms with van der Waals surface area (Å²) < 4.78 is 0. The van der Waals surface area contributed by atoms with Crippen LogP contribution in [0.4, 0.5) is 16.4 Å². The minimum atomic E-state index is -0.855. The first-order valence-corrected chi connectivity index (χ1v) is 10.8. The molecular weight excluding hydrogens is 392 g/mol. The Morgan fingerprint density at radius 1 is 1.10 bits per heavy atom. The Kier molecular flexibility index (Phi) is 5.05. The summed E-state index contributed by atoms with van der Waals surface area (Å²) >= 11 is 0. The molecule has 3 aromatic rings. The lowest BCUT2D eigenvalue weighted by Crippen LogP contribution is -2.46. The minimum absolute atomic E-state index is 0.00274. The zero-order chi connectivity index (χ0) is 21.4. The third kappa shape index (κ3) is 3.62. The van der Waals surface area contributed by atoms with Crippen molar-refractivity contribution in [1.82, 2.24) is 19.9 Å². The highest BCUT2D eigenvalue weighted by Gasteiger charge is 2.36. The lowest BCUT2D eigenvalue weighted by molar-refractivity contribution is 0.131. The maximum absolute atomic E-state index is 11.5. The fourth-order valence-corrected chi connectivity index (χ4v) is 4.68. The second kappa shape index (κ2) is 8.02. The maximum atomic E-state index is 11.5. The van der Waals surface area contributed by atoms with Crippen molar-refractivity contribution in [3.63, 3.8) is 0 Å². The first-order valence-electron chi connectivity index (χ1n) is 10.8. The third-order valence-corrected chi connectivity index (χ3v) is 6.37. The topological polar surface area (TPSA) is 85.7 Å². The zero-order valence-corrected chi connectivity index (χ0v) is 17.6. The summed E-state index contributed by atoms with van der Waals surface area (Å²) in [5, 5.41) is 10.6. The maximum Gasteiger partial charge on any atom is 0.407 e. The van der Waals surface area contributed by atoms with Gasteiger partial charge in [-0.2, -0.15) is 0 Å². The second-order valence-corrected chi connectivity index (χ2v) is 8.19. The van der Waals surface area contributed by atoms with Gasteiger partial charge in [-0.3, -0.25) is 4.98 Å². The van der Waals surface area contributed by atoms with Gasteiger partial charge >= 0.3 is 6.09 Å². The molecule has 0 radical (unpaired) electrons. The lowest BCUT2D eigenvalue weighted by Gasteiger charge is -2.40. The average Bonchev–Trinajstić information content (AvgIpc) is 3.23. The molecular formula is C23H26N6O2. The quantitative estimate of drug-likeness (QED) is 0.681. The summed E-state index contributed by atoms with van der Waals surface area (Å²) in [4.78, 5) is 31.6. The molecule has 0 aliphatic carbocycles. The lowest BCUT2D eigenvalue weighted by atomic mass is 9.95. The van der Waals surface area contributed by atoms with Crippen molar-refractivity contribution < 1.29 is 9.90 Å². The fraction of sp³-hybridized carbons (Fsp3) is 0.391. The number of nitrogens with zero attached hydrogens (tertiary/aromatic N) is 6. The van der Waals surface area contributed by atoms with Crippen molar-refractivity contribution in [2.24, 2.45) is 0 Å². The number of amides is 1. The van der Waals surface area contributed by atoms with Gasteiger partial charge < -0.3 is 19.8 Å². The summed E-state index contributed by atoms with van der Waals surface area (Å²) in [5.41, 5.74) is 2.00. The minimum Gasteiger partial charge on any atom is -0.465 e. The number of para-hydroxylation sites is 1. The smallest absolute Gasteiger partial charge is 0.407 e. The highest BCUT2D eigenvalue weighted by atomic mass is 16.4. The Morgan fingerprint density at radius 2 is 1.90 bits per heavy atom. The SMILES string of the molecule is CCN(C(=O)O)[C@@H]1CCN(c2nccnc2C2CN(c3ccc4ccccc4n3)C2)C1. The van der Waals surface area contributed by atoms with Crippen LogP contribution >= 0.6 is 0 Å². The van der Waals surface area contributed by atoms with Crippen LogP contribution in [-0.4, -0.2) is 69.8 Å². The number of anilines is 2. The van der Waals surface area contributed by atoms with E-state index in [1.165, 1.54) is 4.90 Å². The summed E-state index contributed by atoms with van der Waals surface area (Å²) in [6.45, 7) is 5.54. The molecule has 2 fully saturated rings. The monoisotopic (exact) mass is 418 g/mol. The van der Waals surface area contributed by atoms with Crippen LogP contribution < -0.4 is 9.80 Å². The number of aromatic nitrogens is 3. The molecule has 1 aromatic carbocycles. The zero-order valence-electron chi connectivity index (χ0n) is 17.6. The molecule has 0 saturated carbocycles. The highest BCUT2D eigenvalue weighted by Crippen LogP contribution is 2.35. The van der Waals surface area contributed by atoms with Crippen LogP contribution in [-0.2, 0) is 0 Å². The van der Waals surface area contributed by atoms with E-state index in [4.69, 9.17) is 4.98 Å². The van der Waals surface area contributed by atoms with E-state index in [1.54, 1.807) is 12.4 Å². The predicted molar refractivity (Wildman–Crippen MR) is 120 cm³/mol. The van der Waals surface area contributed by atoms with Crippen molar-refractivity contribution >= 4 is 28.6 Å². The number of rotatable bonds is 5. The van der Waals surface area contributed by atoms with Crippen molar-refractivity contribution in [3.05, 3.63) is 54.5 Å². The standard InChI is InChI=1S/C23H26N6O2/c1-2-29(23(30)31)18-9-12-27(15-18)22-21(24-10-11-25-22)17-13-28(14-17)20-8-7-16-5-3-4-6-19(16)26-20/h3-8,10-11,17-18H,2,9,12-15H2,1H3,(H,30,31)/t18-/m1/s1. The molecule has 0 bridgehead atoms. The van der Waals surface area contributed by atoms with E-state index in [1.807, 2.05) is 25.1 Å². The Morgan fingerprint density at radius 3 is 2.71 bits per heavy atom. The fourth-order valence-electron chi connectivity index (χ4n) is 4.68. The summed E-state index contributed by atoms with van der Waals surface area (Å²) in [6, 6.07) is 12.3. The van der Waals surface area contributed by atoms with Gasteiger partial charge in [-0.25, -0.2) is 14.8 Å². The Bertz CT molecular complexity index is 1100. The van der Waals surface area contributed by atoms with Crippen molar-refractivity contribution in [3.8, 4) is 0 Å². The first kappa shape index (κ1) is 19.5. The molecule has 1 atom stereocenters. The number of hydrogen-bond acceptors (Lipinski definition) is 6. The highest BCUT2D eigenvalue weighted by molar-refractivity contribution is 5.80. The molecule has 1 amide bonds. The molecule has 8 nitrogen and oxygen atoms in total. The number of hydrogen-bond donors (Lipinski definition) is 1. The van der Waals surface area contributed by atoms with E-state index >= 15 is 0 Å². The van der Waals surface area contributed by atoms with Crippen LogP contribution in [0.25, 0.3) is 10.9 Å². The van der Waals surface area contributed by atoms with Crippen molar-refractivity contribution in [2.75, 3.05) is 42.5 Å². The van der Waals surface area contributed by atoms with Crippen molar-refractivity contribution in [2.45, 2.75) is 25.3 Å². The van der Waals surface area contributed by atoms with Gasteiger partial charge in [0.15, 0.2) is 5.82 Å². The van der Waals surface area contributed by atoms with Crippen LogP contribution in [0.1, 0.15) is 25.0 Å². The van der Waals surface area contributed by atoms with E-state index in [0.717, 1.165) is 54.3 Å². The van der Waals surface area contributed by atoms with Crippen LogP contribution in [0.2, 0.25) is 0 Å². The molecule has 5 rings (SSSR count). The number of carboxylic acid groups (broad SMARTS) is 1. The molecule has 160 valence electrons. The van der Waals surface area contributed by atoms with Gasteiger partial charge in [0, 0.05) is 56.4 Å². The molecule has 4 heterocycles. The molecule has 2 aliphatic heterocycles. The number of likely N-dealkylation sites (N-methyl/N-ethyl adjacent to an activating group) is 1. The number of fused-ring (bicyclic) bond motifs is 1. The Hall–Kier alpha value is -3.42. The molecule has 31 heavy (non-hydrogen) atoms. The van der Waals surface area contributed by atoms with Gasteiger partial charge in [-0.05, 0) is 31.5 Å². The largest absolute Gasteiger partial charge is 0.465 e. The number of carbonyl (C=O) groups is 1. The normalized spacial score (nSPS) is 18.9. The molecule has 2 aromatic heterocycles. The van der Waals surface area contributed by atoms with Crippen LogP contribution in [0.3, 0.4) is 0 Å². The van der Waals surface area contributed by atoms with Gasteiger partial charge in [0.25, 0.3) is 0 Å². The van der Waals surface area contributed by atoms with Crippen LogP contribution in [0.5, 0.6) is 0 Å². The summed E-state index contributed by atoms with van der Waals surface area (Å²) in [6.07, 6.45) is 3.43. The van der Waals surface area contributed by atoms with E-state index in [0.29, 0.717) is 13.1 Å². The van der Waals surface area contributed by atoms with Gasteiger partial charge in [0.1, 0.15) is 5.82 Å².